The Labute approximate surface area is 641 Å². The van der Waals surface area contributed by atoms with Gasteiger partial charge in [-0.2, -0.15) is 37.4 Å². The number of likely N-dealkylation sites (N-methyl/N-ethyl adjacent to an activating group) is 4. The molecule has 0 spiro atoms. The van der Waals surface area contributed by atoms with Gasteiger partial charge < -0.3 is 87.1 Å². The van der Waals surface area contributed by atoms with E-state index in [2.05, 4.69) is 85.8 Å². The predicted molar refractivity (Wildman–Crippen MR) is 388 cm³/mol. The van der Waals surface area contributed by atoms with Crippen LogP contribution in [0, 0.1) is 57.7 Å². The number of benzene rings is 5. The van der Waals surface area contributed by atoms with E-state index in [1.807, 2.05) is 135 Å². The summed E-state index contributed by atoms with van der Waals surface area (Å²) in [6, 6.07) is 38.1. The molecule has 0 saturated carbocycles. The number of rotatable bonds is 14. The van der Waals surface area contributed by atoms with Crippen LogP contribution >= 0.6 is 31.9 Å². The Hall–Kier alpha value is -6.99. The molecular formula is C74H96Br2F3N9O14SZn. The van der Waals surface area contributed by atoms with Crippen LogP contribution in [0.15, 0.2) is 106 Å². The normalized spacial score (nSPS) is 15.8. The first-order chi connectivity index (χ1) is 48.8. The first-order valence-corrected chi connectivity index (χ1v) is 35.6. The molecule has 0 fully saturated rings. The van der Waals surface area contributed by atoms with Crippen molar-refractivity contribution >= 4 is 54.2 Å². The molecule has 4 N–H and O–H groups in total. The van der Waals surface area contributed by atoms with Gasteiger partial charge in [0.1, 0.15) is 23.4 Å². The fourth-order valence-corrected chi connectivity index (χ4v) is 11.4. The molecule has 0 aromatic heterocycles. The molecule has 2 amide bonds. The zero-order valence-corrected chi connectivity index (χ0v) is 68.3. The third-order valence-electron chi connectivity index (χ3n) is 15.0. The van der Waals surface area contributed by atoms with E-state index in [4.69, 9.17) is 90.2 Å². The van der Waals surface area contributed by atoms with Gasteiger partial charge in [0.2, 0.25) is 0 Å². The van der Waals surface area contributed by atoms with Crippen LogP contribution in [0.3, 0.4) is 0 Å². The average Bonchev–Trinajstić information content (AvgIpc) is 0.821. The van der Waals surface area contributed by atoms with E-state index < -0.39 is 26.8 Å². The summed E-state index contributed by atoms with van der Waals surface area (Å²) >= 11 is 6.97. The van der Waals surface area contributed by atoms with Gasteiger partial charge in [0, 0.05) is 57.0 Å². The van der Waals surface area contributed by atoms with E-state index in [0.717, 1.165) is 123 Å². The molecule has 5 aromatic rings. The molecule has 4 heterocycles. The van der Waals surface area contributed by atoms with E-state index >= 15 is 0 Å². The van der Waals surface area contributed by atoms with E-state index in [1.165, 1.54) is 10.5 Å². The van der Waals surface area contributed by atoms with Crippen LogP contribution in [0.25, 0.3) is 0 Å². The zero-order chi connectivity index (χ0) is 78.1. The number of fused-ring (bicyclic) bond motifs is 4. The van der Waals surface area contributed by atoms with Crippen LogP contribution in [0.1, 0.15) is 152 Å². The molecule has 0 bridgehead atoms. The standard InChI is InChI=1S/C17H22N2O3.C16H22BrNO3.2C12H14N2O.C8H9BrO.C6H14O2.CHF3O3S.2CN.Zn/c1-17(2,3)22-16(20)19(4)11-15-14-7-5-6-12(10-18)13(14)8-9-21-15;1-16(2,3)21-15(19)18(4)10-14-12-6-5-7-13(17)11(12)8-9-20-14;2*1-14-8-12-11-4-2-3-9(7-13)10(11)5-6-15-12;9-8-4-2-1-3-7(8)5-6-10;1-4-5-6(7-2)8-3;2-1(3,4)8(5,6)7;2*1-2;/h5-7,15H,8-9,11H2,1-4H3;5-7,14H,8-10H2,1-4H3;2*2-4,12,14H,5-6,8H2,1H3;1-4,10H,5-6H2;6H,4-5H2,1-3H3;(H,5,6,7);;;/q;;;;;;;2*-1;+2/t;;2*12-;;;;;;/m..10....../s1. The number of hydrogen-bond donors (Lipinski definition) is 4. The summed E-state index contributed by atoms with van der Waals surface area (Å²) in [6.07, 6.45) is 5.26. The van der Waals surface area contributed by atoms with Crippen molar-refractivity contribution in [1.82, 2.24) is 20.4 Å². The minimum absolute atomic E-state index is 0. The first-order valence-electron chi connectivity index (χ1n) is 32.6. The van der Waals surface area contributed by atoms with Crippen molar-refractivity contribution in [3.05, 3.63) is 186 Å². The second kappa shape index (κ2) is 50.5. The van der Waals surface area contributed by atoms with Crippen molar-refractivity contribution in [2.45, 2.75) is 141 Å². The minimum Gasteiger partial charge on any atom is -0.512 e. The zero-order valence-electron chi connectivity index (χ0n) is 61.4. The Balaban J connectivity index is 0.00000121. The van der Waals surface area contributed by atoms with E-state index in [-0.39, 0.29) is 69.0 Å². The van der Waals surface area contributed by atoms with E-state index in [0.29, 0.717) is 45.1 Å². The van der Waals surface area contributed by atoms with Gasteiger partial charge in [0.15, 0.2) is 6.29 Å². The van der Waals surface area contributed by atoms with Crippen molar-refractivity contribution in [1.29, 1.82) is 26.3 Å². The molecule has 9 rings (SSSR count). The smallest absolute Gasteiger partial charge is 0.512 e. The number of aliphatic hydroxyl groups excluding tert-OH is 1. The number of ether oxygens (including phenoxy) is 8. The van der Waals surface area contributed by atoms with Gasteiger partial charge in [0.05, 0.1) is 86.6 Å². The van der Waals surface area contributed by atoms with Crippen molar-refractivity contribution in [2.24, 2.45) is 0 Å². The van der Waals surface area contributed by atoms with Gasteiger partial charge in [-0.05, 0) is 175 Å². The van der Waals surface area contributed by atoms with Crippen LogP contribution in [0.5, 0.6) is 0 Å². The number of aliphatic hydroxyl groups is 1. The molecule has 0 radical (unpaired) electrons. The summed E-state index contributed by atoms with van der Waals surface area (Å²) in [5.74, 6) is 0. The molecule has 0 saturated heterocycles. The largest absolute Gasteiger partial charge is 2.00 e. The maximum atomic E-state index is 12.1. The number of methoxy groups -OCH3 is 2. The van der Waals surface area contributed by atoms with Gasteiger partial charge in [-0.1, -0.05) is 112 Å². The molecule has 104 heavy (non-hydrogen) atoms. The van der Waals surface area contributed by atoms with Crippen LogP contribution in [0.2, 0.25) is 0 Å². The Morgan fingerprint density at radius 2 is 0.913 bits per heavy atom. The molecule has 4 atom stereocenters. The molecular weight excluding hydrogens is 1550 g/mol. The van der Waals surface area contributed by atoms with Gasteiger partial charge in [0.25, 0.3) is 0 Å². The number of halogens is 5. The van der Waals surface area contributed by atoms with Crippen LogP contribution < -0.4 is 10.6 Å². The van der Waals surface area contributed by atoms with Crippen molar-refractivity contribution < 1.29 is 98.2 Å². The maximum absolute atomic E-state index is 12.1. The Morgan fingerprint density at radius 3 is 1.21 bits per heavy atom. The van der Waals surface area contributed by atoms with Crippen molar-refractivity contribution in [3.8, 4) is 18.2 Å². The number of amides is 2. The first kappa shape index (κ1) is 97.0. The summed E-state index contributed by atoms with van der Waals surface area (Å²) in [5, 5.41) is 54.5. The number of nitrogens with one attached hydrogen (secondary N) is 2. The number of carbonyl (C=O) groups excluding carboxylic acids is 2. The quantitative estimate of drug-likeness (QED) is 0.0264. The summed E-state index contributed by atoms with van der Waals surface area (Å²) in [5.41, 5.74) is 5.95. The Kier molecular flexibility index (Phi) is 47.1. The summed E-state index contributed by atoms with van der Waals surface area (Å²) in [6.45, 7) is 28.0. The molecule has 4 aliphatic heterocycles. The number of hydrogen-bond acceptors (Lipinski definition) is 20. The second-order valence-corrected chi connectivity index (χ2v) is 27.8. The van der Waals surface area contributed by atoms with Crippen LogP contribution in [0.4, 0.5) is 22.8 Å². The summed E-state index contributed by atoms with van der Waals surface area (Å²) < 4.78 is 103. The van der Waals surface area contributed by atoms with Gasteiger partial charge >= 0.3 is 47.3 Å². The summed E-state index contributed by atoms with van der Waals surface area (Å²) in [4.78, 5) is 27.2. The SMILES string of the molecule is CCCC(OC)OC.CN(CC1OCCc2c(Br)cccc21)C(=O)OC(C)(C)C.CN(CC1OCCc2c(C#N)cccc21)C(=O)OC(C)(C)C.CNC[C@@H]1OCCc2c(C#N)cccc21.CNC[C@H]1OCCc2c(C#N)cccc21.O=S(=O)(O)C(F)(F)F.OCCc1ccccc1Br.[C-]#N.[C-]#N.[Zn+2]. The van der Waals surface area contributed by atoms with E-state index in [1.54, 1.807) is 33.2 Å². The van der Waals surface area contributed by atoms with Crippen molar-refractivity contribution in [2.75, 3.05) is 102 Å². The fraction of sp³-hybridized carbons (Fsp3) is 0.500. The fourth-order valence-electron chi connectivity index (χ4n) is 10.3. The third kappa shape index (κ3) is 34.1. The number of nitrogens with zero attached hydrogens (tertiary/aromatic N) is 7. The Bertz CT molecular complexity index is 3610. The van der Waals surface area contributed by atoms with Gasteiger partial charge in [-0.3, -0.25) is 4.55 Å². The number of alkyl halides is 3. The minimum atomic E-state index is -5.84. The van der Waals surface area contributed by atoms with Crippen molar-refractivity contribution in [3.63, 3.8) is 0 Å². The molecule has 2 unspecified atom stereocenters. The predicted octanol–water partition coefficient (Wildman–Crippen LogP) is 13.7. The molecule has 23 nitrogen and oxygen atoms in total. The number of carbonyl (C=O) groups is 2. The molecule has 564 valence electrons. The van der Waals surface area contributed by atoms with Crippen LogP contribution in [-0.4, -0.2) is 165 Å². The van der Waals surface area contributed by atoms with E-state index in [9.17, 15) is 28.0 Å². The monoisotopic (exact) mass is 1650 g/mol. The van der Waals surface area contributed by atoms with Crippen LogP contribution in [-0.2, 0) is 99.6 Å². The molecule has 0 aliphatic carbocycles. The third-order valence-corrected chi connectivity index (χ3v) is 17.1. The van der Waals surface area contributed by atoms with Gasteiger partial charge in [-0.25, -0.2) is 9.59 Å². The second-order valence-electron chi connectivity index (χ2n) is 24.7. The molecule has 5 aromatic carbocycles. The number of nitriles is 3. The topological polar surface area (TPSA) is 332 Å². The van der Waals surface area contributed by atoms with Gasteiger partial charge in [-0.15, -0.1) is 0 Å². The summed E-state index contributed by atoms with van der Waals surface area (Å²) in [7, 11) is 4.72. The average molecular weight is 1650 g/mol. The molecule has 4 aliphatic rings. The Morgan fingerprint density at radius 1 is 0.596 bits per heavy atom. The maximum Gasteiger partial charge on any atom is 2.00 e. The molecule has 30 heteroatoms.